The predicted molar refractivity (Wildman–Crippen MR) is 120 cm³/mol. The van der Waals surface area contributed by atoms with Crippen LogP contribution in [0, 0.1) is 23.7 Å². The first-order chi connectivity index (χ1) is 14.2. The molecule has 1 aliphatic carbocycles. The molecule has 0 fully saturated rings. The molecule has 7 heteroatoms. The van der Waals surface area contributed by atoms with E-state index in [1.807, 2.05) is 11.6 Å². The second-order valence-corrected chi connectivity index (χ2v) is 9.58. The molecule has 0 spiro atoms. The van der Waals surface area contributed by atoms with Crippen LogP contribution in [0.2, 0.25) is 0 Å². The fraction of sp³-hybridized carbons (Fsp3) is 0.696. The smallest absolute Gasteiger partial charge is 0.265 e. The van der Waals surface area contributed by atoms with Crippen LogP contribution in [0.15, 0.2) is 28.6 Å². The normalized spacial score (nSPS) is 22.3. The number of rotatable bonds is 9. The van der Waals surface area contributed by atoms with Crippen molar-refractivity contribution in [2.75, 3.05) is 40.8 Å². The molecule has 3 unspecified atom stereocenters. The molecule has 0 radical (unpaired) electrons. The van der Waals surface area contributed by atoms with E-state index in [2.05, 4.69) is 73.0 Å². The van der Waals surface area contributed by atoms with Crippen LogP contribution in [-0.4, -0.2) is 70.3 Å². The topological polar surface area (TPSA) is 63.2 Å². The Bertz CT molecular complexity index is 836. The van der Waals surface area contributed by atoms with Crippen LogP contribution in [0.1, 0.15) is 33.1 Å². The predicted octanol–water partition coefficient (Wildman–Crippen LogP) is 3.36. The van der Waals surface area contributed by atoms with Crippen LogP contribution in [0.3, 0.4) is 0 Å². The summed E-state index contributed by atoms with van der Waals surface area (Å²) in [6.45, 7) is 10.3. The summed E-state index contributed by atoms with van der Waals surface area (Å²) in [7, 11) is 8.45. The second kappa shape index (κ2) is 9.88. The molecule has 7 nitrogen and oxygen atoms in total. The van der Waals surface area contributed by atoms with Gasteiger partial charge in [-0.05, 0) is 58.2 Å². The molecule has 0 saturated carbocycles. The van der Waals surface area contributed by atoms with Crippen LogP contribution < -0.4 is 0 Å². The van der Waals surface area contributed by atoms with Crippen molar-refractivity contribution in [1.29, 1.82) is 0 Å². The van der Waals surface area contributed by atoms with Crippen LogP contribution in [0.4, 0.5) is 0 Å². The minimum atomic E-state index is 0.459. The van der Waals surface area contributed by atoms with Crippen LogP contribution in [0.25, 0.3) is 11.6 Å². The monoisotopic (exact) mass is 414 g/mol. The molecule has 2 aromatic rings. The highest BCUT2D eigenvalue weighted by Gasteiger charge is 2.33. The summed E-state index contributed by atoms with van der Waals surface area (Å²) in [4.78, 5) is 8.86. The lowest BCUT2D eigenvalue weighted by Crippen LogP contribution is -2.38. The van der Waals surface area contributed by atoms with Gasteiger partial charge in [-0.15, -0.1) is 10.2 Å². The molecule has 3 atom stereocenters. The van der Waals surface area contributed by atoms with Crippen molar-refractivity contribution in [2.24, 2.45) is 30.7 Å². The highest BCUT2D eigenvalue weighted by atomic mass is 16.4. The molecule has 1 aliphatic rings. The van der Waals surface area contributed by atoms with E-state index >= 15 is 0 Å². The Morgan fingerprint density at radius 1 is 1.20 bits per heavy atom. The number of hydrogen-bond acceptors (Lipinski definition) is 6. The summed E-state index contributed by atoms with van der Waals surface area (Å²) < 4.78 is 7.88. The van der Waals surface area contributed by atoms with Gasteiger partial charge < -0.3 is 18.8 Å². The Morgan fingerprint density at radius 3 is 2.60 bits per heavy atom. The first-order valence-electron chi connectivity index (χ1n) is 11.0. The quantitative estimate of drug-likeness (QED) is 0.586. The van der Waals surface area contributed by atoms with Crippen molar-refractivity contribution >= 4 is 0 Å². The highest BCUT2D eigenvalue weighted by molar-refractivity contribution is 5.44. The van der Waals surface area contributed by atoms with E-state index in [9.17, 15) is 0 Å². The lowest BCUT2D eigenvalue weighted by molar-refractivity contribution is 0.170. The summed E-state index contributed by atoms with van der Waals surface area (Å²) in [5.74, 6) is 3.63. The Hall–Kier alpha value is -1.99. The molecule has 2 heterocycles. The summed E-state index contributed by atoms with van der Waals surface area (Å²) in [6, 6.07) is 0. The molecule has 3 rings (SSSR count). The molecule has 0 N–H and O–H groups in total. The zero-order chi connectivity index (χ0) is 21.8. The van der Waals surface area contributed by atoms with Gasteiger partial charge in [-0.2, -0.15) is 0 Å². The van der Waals surface area contributed by atoms with Crippen molar-refractivity contribution in [1.82, 2.24) is 29.5 Å². The van der Waals surface area contributed by atoms with E-state index in [4.69, 9.17) is 4.42 Å². The summed E-state index contributed by atoms with van der Waals surface area (Å²) in [5, 5.41) is 8.57. The lowest BCUT2D eigenvalue weighted by atomic mass is 9.69. The van der Waals surface area contributed by atoms with Crippen LogP contribution >= 0.6 is 0 Å². The molecule has 166 valence electrons. The number of likely N-dealkylation sites (N-methyl/N-ethyl adjacent to an activating group) is 2. The van der Waals surface area contributed by atoms with E-state index in [1.165, 1.54) is 12.0 Å². The van der Waals surface area contributed by atoms with Crippen molar-refractivity contribution in [3.05, 3.63) is 30.1 Å². The maximum absolute atomic E-state index is 5.98. The number of imidazole rings is 1. The van der Waals surface area contributed by atoms with E-state index in [0.717, 1.165) is 31.7 Å². The van der Waals surface area contributed by atoms with E-state index in [0.29, 0.717) is 35.5 Å². The molecule has 0 saturated heterocycles. The molecule has 0 amide bonds. The van der Waals surface area contributed by atoms with Gasteiger partial charge in [0.15, 0.2) is 0 Å². The third-order valence-corrected chi connectivity index (χ3v) is 6.46. The van der Waals surface area contributed by atoms with Gasteiger partial charge in [-0.1, -0.05) is 25.5 Å². The average Bonchev–Trinajstić information content (AvgIpc) is 3.30. The molecule has 0 aromatic carbocycles. The van der Waals surface area contributed by atoms with E-state index < -0.39 is 0 Å². The molecule has 30 heavy (non-hydrogen) atoms. The van der Waals surface area contributed by atoms with Crippen molar-refractivity contribution in [2.45, 2.75) is 33.6 Å². The average molecular weight is 415 g/mol. The Labute approximate surface area is 181 Å². The summed E-state index contributed by atoms with van der Waals surface area (Å²) >= 11 is 0. The lowest BCUT2D eigenvalue weighted by Gasteiger charge is -2.38. The number of aromatic nitrogens is 4. The summed E-state index contributed by atoms with van der Waals surface area (Å²) in [6.07, 6.45) is 8.00. The van der Waals surface area contributed by atoms with Gasteiger partial charge in [0.1, 0.15) is 5.69 Å². The Kier molecular flexibility index (Phi) is 7.47. The van der Waals surface area contributed by atoms with E-state index in [-0.39, 0.29) is 0 Å². The Balaban J connectivity index is 1.68. The SMILES string of the molecule is CC1=CC(CN(C)CCN(C)C)C(C(C)C)CC1Cc1nnc(-c2cncn2C)o1. The Morgan fingerprint density at radius 2 is 1.97 bits per heavy atom. The van der Waals surface area contributed by atoms with Gasteiger partial charge in [0.25, 0.3) is 5.89 Å². The molecule has 0 bridgehead atoms. The molecular formula is C23H38N6O. The van der Waals surface area contributed by atoms with Crippen LogP contribution in [0.5, 0.6) is 0 Å². The maximum atomic E-state index is 5.98. The third kappa shape index (κ3) is 5.58. The first-order valence-corrected chi connectivity index (χ1v) is 11.0. The number of allylic oxidation sites excluding steroid dienone is 1. The third-order valence-electron chi connectivity index (χ3n) is 6.46. The fourth-order valence-electron chi connectivity index (χ4n) is 4.52. The van der Waals surface area contributed by atoms with Gasteiger partial charge in [0, 0.05) is 33.1 Å². The highest BCUT2D eigenvalue weighted by Crippen LogP contribution is 2.39. The van der Waals surface area contributed by atoms with Crippen molar-refractivity contribution in [3.63, 3.8) is 0 Å². The number of aryl methyl sites for hydroxylation is 1. The first kappa shape index (κ1) is 22.7. The van der Waals surface area contributed by atoms with Crippen LogP contribution in [-0.2, 0) is 13.5 Å². The molecule has 2 aromatic heterocycles. The van der Waals surface area contributed by atoms with E-state index in [1.54, 1.807) is 12.5 Å². The molecular weight excluding hydrogens is 376 g/mol. The van der Waals surface area contributed by atoms with Gasteiger partial charge in [-0.25, -0.2) is 4.98 Å². The minimum Gasteiger partial charge on any atom is -0.419 e. The largest absolute Gasteiger partial charge is 0.419 e. The molecule has 0 aliphatic heterocycles. The summed E-state index contributed by atoms with van der Waals surface area (Å²) in [5.41, 5.74) is 2.31. The maximum Gasteiger partial charge on any atom is 0.265 e. The fourth-order valence-corrected chi connectivity index (χ4v) is 4.52. The van der Waals surface area contributed by atoms with Gasteiger partial charge in [0.2, 0.25) is 5.89 Å². The minimum absolute atomic E-state index is 0.459. The van der Waals surface area contributed by atoms with Gasteiger partial charge in [-0.3, -0.25) is 0 Å². The standard InChI is InChI=1S/C23H38N6O/c1-16(2)20-11-18(17(3)10-19(20)14-28(6)9-8-27(4)5)12-22-25-26-23(30-22)21-13-24-15-29(21)7/h10,13,15-16,18-20H,8-9,11-12,14H2,1-7H3. The van der Waals surface area contributed by atoms with Gasteiger partial charge >= 0.3 is 0 Å². The second-order valence-electron chi connectivity index (χ2n) is 9.58. The number of hydrogen-bond donors (Lipinski definition) is 0. The van der Waals surface area contributed by atoms with Crippen molar-refractivity contribution < 1.29 is 4.42 Å². The zero-order valence-electron chi connectivity index (χ0n) is 19.7. The zero-order valence-corrected chi connectivity index (χ0v) is 19.7. The van der Waals surface area contributed by atoms with Gasteiger partial charge in [0.05, 0.1) is 12.5 Å². The van der Waals surface area contributed by atoms with Crippen molar-refractivity contribution in [3.8, 4) is 11.6 Å². The number of nitrogens with zero attached hydrogens (tertiary/aromatic N) is 6.